The van der Waals surface area contributed by atoms with Crippen molar-refractivity contribution in [2.24, 2.45) is 17.8 Å². The molecule has 4 N–H and O–H groups in total. The second-order valence-corrected chi connectivity index (χ2v) is 16.7. The van der Waals surface area contributed by atoms with Crippen LogP contribution < -0.4 is 10.6 Å². The van der Waals surface area contributed by atoms with Gasteiger partial charge in [-0.25, -0.2) is 4.98 Å². The Labute approximate surface area is 342 Å². The molecule has 2 aromatic rings. The number of ether oxygens (including phenoxy) is 2. The summed E-state index contributed by atoms with van der Waals surface area (Å²) in [7, 11) is 1.94. The van der Waals surface area contributed by atoms with Gasteiger partial charge in [-0.05, 0) is 75.2 Å². The fourth-order valence-electron chi connectivity index (χ4n) is 7.06. The Kier molecular flexibility index (Phi) is 19.4. The summed E-state index contributed by atoms with van der Waals surface area (Å²) < 4.78 is 11.9. The number of carboxylic acid groups (broad SMARTS) is 1. The summed E-state index contributed by atoms with van der Waals surface area (Å²) in [6.45, 7) is 14.0. The standard InChI is InChI=1S/C42H65N5O9S/c1-9-11-20-55-25-47(41(52)37(27(5)10-2)45-39(51)34-14-12-13-19-46(34)8)35(26(3)4)23-36(56-29(7)48)40-44-33(24-57-40)38(50)43-31(21-28(6)42(53)54)22-30-15-17-32(49)18-16-30/h15-18,24,26-28,31,34-37,49H,9-14,19-23,25H2,1-8H3,(H,43,50)(H,45,51)(H,53,54)/t27-,28-,31+,34+,35+,36+,37-/m0/s1. The van der Waals surface area contributed by atoms with Gasteiger partial charge in [-0.15, -0.1) is 11.3 Å². The third kappa shape index (κ3) is 14.7. The monoisotopic (exact) mass is 815 g/mol. The highest BCUT2D eigenvalue weighted by Gasteiger charge is 2.39. The number of nitrogens with one attached hydrogen (secondary N) is 2. The summed E-state index contributed by atoms with van der Waals surface area (Å²) in [6.07, 6.45) is 4.78. The molecule has 1 aliphatic rings. The second-order valence-electron chi connectivity index (χ2n) is 15.8. The van der Waals surface area contributed by atoms with Gasteiger partial charge in [-0.1, -0.05) is 72.9 Å². The van der Waals surface area contributed by atoms with Gasteiger partial charge in [0.15, 0.2) is 6.10 Å². The number of carbonyl (C=O) groups is 5. The highest BCUT2D eigenvalue weighted by atomic mass is 32.1. The lowest BCUT2D eigenvalue weighted by atomic mass is 9.92. The van der Waals surface area contributed by atoms with Gasteiger partial charge in [0.2, 0.25) is 11.8 Å². The molecule has 14 nitrogen and oxygen atoms in total. The molecule has 0 spiro atoms. The van der Waals surface area contributed by atoms with Crippen LogP contribution >= 0.6 is 11.3 Å². The van der Waals surface area contributed by atoms with Crippen LogP contribution in [0, 0.1) is 17.8 Å². The first kappa shape index (κ1) is 47.3. The molecule has 1 aromatic carbocycles. The topological polar surface area (TPSA) is 188 Å². The molecule has 15 heteroatoms. The number of benzene rings is 1. The molecular weight excluding hydrogens is 751 g/mol. The molecule has 0 saturated carbocycles. The number of nitrogens with zero attached hydrogens (tertiary/aromatic N) is 3. The number of hydrogen-bond donors (Lipinski definition) is 4. The largest absolute Gasteiger partial charge is 0.508 e. The van der Waals surface area contributed by atoms with E-state index in [0.29, 0.717) is 24.5 Å². The van der Waals surface area contributed by atoms with Crippen molar-refractivity contribution in [2.75, 3.05) is 26.9 Å². The number of rotatable bonds is 23. The maximum atomic E-state index is 14.8. The molecule has 1 aliphatic heterocycles. The van der Waals surface area contributed by atoms with Gasteiger partial charge in [0.05, 0.1) is 12.0 Å². The fourth-order valence-corrected chi connectivity index (χ4v) is 7.90. The van der Waals surface area contributed by atoms with E-state index in [0.717, 1.165) is 55.5 Å². The quantitative estimate of drug-likeness (QED) is 0.0591. The lowest BCUT2D eigenvalue weighted by molar-refractivity contribution is -0.153. The SMILES string of the molecule is CCCCOCN(C(=O)[C@@H](NC(=O)[C@H]1CCCCN1C)[C@@H](C)CC)[C@H](C[C@@H](OC(C)=O)c1nc(C(=O)N[C@@H](Cc2ccc(O)cc2)C[C@H](C)C(=O)O)cs1)C(C)C. The van der Waals surface area contributed by atoms with Crippen molar-refractivity contribution >= 4 is 41.0 Å². The molecule has 57 heavy (non-hydrogen) atoms. The van der Waals surface area contributed by atoms with Crippen LogP contribution in [0.4, 0.5) is 0 Å². The van der Waals surface area contributed by atoms with Crippen molar-refractivity contribution < 1.29 is 43.7 Å². The van der Waals surface area contributed by atoms with Gasteiger partial charge in [0.1, 0.15) is 29.2 Å². The lowest BCUT2D eigenvalue weighted by Gasteiger charge is -2.40. The minimum absolute atomic E-state index is 0.0245. The molecule has 7 atom stereocenters. The summed E-state index contributed by atoms with van der Waals surface area (Å²) >= 11 is 1.15. The number of thiazole rings is 1. The van der Waals surface area contributed by atoms with E-state index in [1.807, 2.05) is 39.6 Å². The molecule has 0 unspecified atom stereocenters. The van der Waals surface area contributed by atoms with E-state index < -0.39 is 48.0 Å². The Morgan fingerprint density at radius 1 is 1.04 bits per heavy atom. The number of likely N-dealkylation sites (tertiary alicyclic amines) is 1. The average molecular weight is 816 g/mol. The number of phenols is 1. The van der Waals surface area contributed by atoms with E-state index in [-0.39, 0.29) is 60.7 Å². The summed E-state index contributed by atoms with van der Waals surface area (Å²) in [5.74, 6) is -3.47. The normalized spacial score (nSPS) is 17.8. The predicted octanol–water partition coefficient (Wildman–Crippen LogP) is 5.94. The van der Waals surface area contributed by atoms with E-state index in [9.17, 15) is 34.2 Å². The summed E-state index contributed by atoms with van der Waals surface area (Å²) in [4.78, 5) is 74.7. The van der Waals surface area contributed by atoms with Crippen LogP contribution in [-0.2, 0) is 35.1 Å². The maximum absolute atomic E-state index is 14.8. The van der Waals surface area contributed by atoms with Crippen LogP contribution in [0.25, 0.3) is 0 Å². The number of piperidine rings is 1. The minimum atomic E-state index is -0.988. The Morgan fingerprint density at radius 3 is 2.33 bits per heavy atom. The summed E-state index contributed by atoms with van der Waals surface area (Å²) in [6, 6.07) is 4.29. The Morgan fingerprint density at radius 2 is 1.74 bits per heavy atom. The Bertz CT molecular complexity index is 1600. The molecule has 1 fully saturated rings. The summed E-state index contributed by atoms with van der Waals surface area (Å²) in [5, 5.41) is 27.3. The van der Waals surface area contributed by atoms with Gasteiger partial charge < -0.3 is 35.2 Å². The Hall–Kier alpha value is -4.08. The third-order valence-electron chi connectivity index (χ3n) is 10.8. The lowest BCUT2D eigenvalue weighted by Crippen LogP contribution is -2.59. The predicted molar refractivity (Wildman–Crippen MR) is 219 cm³/mol. The number of hydrogen-bond acceptors (Lipinski definition) is 11. The number of aromatic hydroxyl groups is 1. The van der Waals surface area contributed by atoms with Gasteiger partial charge in [0, 0.05) is 37.4 Å². The van der Waals surface area contributed by atoms with E-state index in [1.165, 1.54) is 19.1 Å². The van der Waals surface area contributed by atoms with Gasteiger partial charge in [0.25, 0.3) is 5.91 Å². The number of likely N-dealkylation sites (N-methyl/N-ethyl adjacent to an activating group) is 1. The molecule has 2 heterocycles. The Balaban J connectivity index is 1.92. The van der Waals surface area contributed by atoms with Gasteiger partial charge in [-0.2, -0.15) is 0 Å². The molecule has 0 bridgehead atoms. The molecule has 3 rings (SSSR count). The van der Waals surface area contributed by atoms with Crippen LogP contribution in [0.1, 0.15) is 127 Å². The number of carboxylic acids is 1. The molecule has 1 saturated heterocycles. The number of phenolic OH excluding ortho intramolecular Hbond substituents is 1. The smallest absolute Gasteiger partial charge is 0.306 e. The number of aliphatic carboxylic acids is 1. The highest BCUT2D eigenvalue weighted by molar-refractivity contribution is 7.09. The van der Waals surface area contributed by atoms with Crippen molar-refractivity contribution in [3.05, 3.63) is 45.9 Å². The van der Waals surface area contributed by atoms with Crippen LogP contribution in [0.2, 0.25) is 0 Å². The molecular formula is C42H65N5O9S. The van der Waals surface area contributed by atoms with Crippen LogP contribution in [0.3, 0.4) is 0 Å². The average Bonchev–Trinajstić information content (AvgIpc) is 3.67. The second kappa shape index (κ2) is 23.4. The first-order valence-corrected chi connectivity index (χ1v) is 21.3. The number of amides is 3. The molecule has 318 valence electrons. The third-order valence-corrected chi connectivity index (χ3v) is 11.7. The van der Waals surface area contributed by atoms with E-state index in [1.54, 1.807) is 29.3 Å². The minimum Gasteiger partial charge on any atom is -0.508 e. The first-order chi connectivity index (χ1) is 27.1. The number of esters is 1. The van der Waals surface area contributed by atoms with Crippen LogP contribution in [-0.4, -0.2) is 106 Å². The van der Waals surface area contributed by atoms with Gasteiger partial charge in [-0.3, -0.25) is 28.9 Å². The summed E-state index contributed by atoms with van der Waals surface area (Å²) in [5.41, 5.74) is 0.883. The van der Waals surface area contributed by atoms with E-state index in [4.69, 9.17) is 9.47 Å². The van der Waals surface area contributed by atoms with Crippen LogP contribution in [0.15, 0.2) is 29.6 Å². The molecule has 1 aromatic heterocycles. The van der Waals surface area contributed by atoms with Crippen molar-refractivity contribution in [1.82, 2.24) is 25.4 Å². The molecule has 0 radical (unpaired) electrons. The zero-order chi connectivity index (χ0) is 42.2. The van der Waals surface area contributed by atoms with Crippen molar-refractivity contribution in [2.45, 2.75) is 137 Å². The number of carbonyl (C=O) groups excluding carboxylic acids is 4. The van der Waals surface area contributed by atoms with E-state index >= 15 is 0 Å². The van der Waals surface area contributed by atoms with Crippen molar-refractivity contribution in [3.63, 3.8) is 0 Å². The number of aromatic nitrogens is 1. The maximum Gasteiger partial charge on any atom is 0.306 e. The van der Waals surface area contributed by atoms with Gasteiger partial charge >= 0.3 is 11.9 Å². The molecule has 0 aliphatic carbocycles. The van der Waals surface area contributed by atoms with Crippen molar-refractivity contribution in [3.8, 4) is 5.75 Å². The first-order valence-electron chi connectivity index (χ1n) is 20.4. The van der Waals surface area contributed by atoms with E-state index in [2.05, 4.69) is 22.5 Å². The highest BCUT2D eigenvalue weighted by Crippen LogP contribution is 2.32. The zero-order valence-corrected chi connectivity index (χ0v) is 35.8. The van der Waals surface area contributed by atoms with Crippen molar-refractivity contribution in [1.29, 1.82) is 0 Å². The fraction of sp³-hybridized carbons (Fsp3) is 0.667. The molecule has 3 amide bonds. The van der Waals surface area contributed by atoms with Crippen LogP contribution in [0.5, 0.6) is 5.75 Å². The number of unbranched alkanes of at least 4 members (excludes halogenated alkanes) is 1. The zero-order valence-electron chi connectivity index (χ0n) is 35.0.